The molecule has 2 rings (SSSR count). The van der Waals surface area contributed by atoms with Gasteiger partial charge in [0, 0.05) is 12.6 Å². The second-order valence-electron chi connectivity index (χ2n) is 4.25. The number of sulfonamides is 1. The lowest BCUT2D eigenvalue weighted by Crippen LogP contribution is -2.28. The van der Waals surface area contributed by atoms with Gasteiger partial charge in [0.15, 0.2) is 0 Å². The van der Waals surface area contributed by atoms with E-state index in [4.69, 9.17) is 11.6 Å². The molecule has 1 aromatic rings. The summed E-state index contributed by atoms with van der Waals surface area (Å²) in [5.74, 6) is -0.782. The zero-order valence-electron chi connectivity index (χ0n) is 9.62. The van der Waals surface area contributed by atoms with Crippen molar-refractivity contribution < 1.29 is 12.8 Å². The van der Waals surface area contributed by atoms with Gasteiger partial charge in [-0.05, 0) is 25.0 Å². The van der Waals surface area contributed by atoms with Crippen molar-refractivity contribution in [2.75, 3.05) is 17.0 Å². The van der Waals surface area contributed by atoms with Crippen molar-refractivity contribution in [3.05, 3.63) is 29.0 Å². The Morgan fingerprint density at radius 2 is 2.11 bits per heavy atom. The topological polar surface area (TPSA) is 58.2 Å². The zero-order valence-corrected chi connectivity index (χ0v) is 11.2. The molecular weight excluding hydrogens is 279 g/mol. The van der Waals surface area contributed by atoms with E-state index in [9.17, 15) is 12.8 Å². The second kappa shape index (κ2) is 5.42. The van der Waals surface area contributed by atoms with Gasteiger partial charge >= 0.3 is 0 Å². The number of hydrogen-bond acceptors (Lipinski definition) is 3. The minimum absolute atomic E-state index is 0.0497. The van der Waals surface area contributed by atoms with E-state index in [1.54, 1.807) is 0 Å². The molecule has 0 aliphatic heterocycles. The summed E-state index contributed by atoms with van der Waals surface area (Å²) in [4.78, 5) is 0. The summed E-state index contributed by atoms with van der Waals surface area (Å²) in [5.41, 5.74) is -0.189. The minimum atomic E-state index is -3.58. The van der Waals surface area contributed by atoms with E-state index in [-0.39, 0.29) is 16.5 Å². The monoisotopic (exact) mass is 292 g/mol. The number of hydrogen-bond donors (Lipinski definition) is 2. The fourth-order valence-electron chi connectivity index (χ4n) is 1.49. The van der Waals surface area contributed by atoms with Crippen LogP contribution >= 0.6 is 11.6 Å². The second-order valence-corrected chi connectivity index (χ2v) is 6.50. The molecule has 0 radical (unpaired) electrons. The highest BCUT2D eigenvalue weighted by Gasteiger charge is 2.21. The predicted molar refractivity (Wildman–Crippen MR) is 69.8 cm³/mol. The number of rotatable bonds is 6. The van der Waals surface area contributed by atoms with Crippen LogP contribution in [0.1, 0.15) is 12.8 Å². The Morgan fingerprint density at radius 1 is 1.39 bits per heavy atom. The van der Waals surface area contributed by atoms with Crippen LogP contribution in [0.3, 0.4) is 0 Å². The number of para-hydroxylation sites is 1. The summed E-state index contributed by atoms with van der Waals surface area (Å²) in [5, 5.41) is 3.13. The summed E-state index contributed by atoms with van der Waals surface area (Å²) in [6.45, 7) is 0.353. The molecule has 100 valence electrons. The van der Waals surface area contributed by atoms with Gasteiger partial charge in [-0.1, -0.05) is 17.7 Å². The quantitative estimate of drug-likeness (QED) is 0.843. The molecule has 1 fully saturated rings. The van der Waals surface area contributed by atoms with E-state index in [0.717, 1.165) is 18.9 Å². The van der Waals surface area contributed by atoms with Crippen molar-refractivity contribution in [1.29, 1.82) is 0 Å². The van der Waals surface area contributed by atoms with Gasteiger partial charge in [-0.25, -0.2) is 12.8 Å². The molecule has 7 heteroatoms. The van der Waals surface area contributed by atoms with Crippen LogP contribution in [0.4, 0.5) is 10.1 Å². The molecule has 2 N–H and O–H groups in total. The van der Waals surface area contributed by atoms with Crippen LogP contribution in [0.25, 0.3) is 0 Å². The highest BCUT2D eigenvalue weighted by molar-refractivity contribution is 7.92. The molecule has 4 nitrogen and oxygen atoms in total. The number of nitrogens with one attached hydrogen (secondary N) is 2. The van der Waals surface area contributed by atoms with Crippen LogP contribution in [-0.4, -0.2) is 26.8 Å². The zero-order chi connectivity index (χ0) is 13.2. The van der Waals surface area contributed by atoms with Crippen molar-refractivity contribution in [1.82, 2.24) is 5.32 Å². The van der Waals surface area contributed by atoms with E-state index in [2.05, 4.69) is 10.0 Å². The molecule has 1 aliphatic rings. The van der Waals surface area contributed by atoms with Crippen molar-refractivity contribution in [2.45, 2.75) is 18.9 Å². The van der Waals surface area contributed by atoms with Crippen LogP contribution in [0.2, 0.25) is 5.02 Å². The first-order valence-electron chi connectivity index (χ1n) is 5.66. The first-order valence-corrected chi connectivity index (χ1v) is 7.69. The Morgan fingerprint density at radius 3 is 2.72 bits per heavy atom. The van der Waals surface area contributed by atoms with Gasteiger partial charge in [0.25, 0.3) is 0 Å². The molecule has 0 bridgehead atoms. The molecule has 0 heterocycles. The van der Waals surface area contributed by atoms with Gasteiger partial charge in [0.05, 0.1) is 10.8 Å². The Bertz CT molecular complexity index is 512. The Hall–Kier alpha value is -0.850. The molecular formula is C11H14ClFN2O2S. The maximum Gasteiger partial charge on any atom is 0.234 e. The lowest BCUT2D eigenvalue weighted by molar-refractivity contribution is 0.593. The molecule has 1 saturated carbocycles. The highest BCUT2D eigenvalue weighted by Crippen LogP contribution is 2.25. The van der Waals surface area contributed by atoms with Crippen molar-refractivity contribution >= 4 is 27.3 Å². The fraction of sp³-hybridized carbons (Fsp3) is 0.455. The van der Waals surface area contributed by atoms with E-state index in [0.29, 0.717) is 12.6 Å². The molecule has 0 aromatic heterocycles. The van der Waals surface area contributed by atoms with Crippen molar-refractivity contribution in [3.8, 4) is 0 Å². The third-order valence-corrected chi connectivity index (χ3v) is 4.17. The summed E-state index contributed by atoms with van der Waals surface area (Å²) in [6, 6.07) is 4.46. The molecule has 18 heavy (non-hydrogen) atoms. The summed E-state index contributed by atoms with van der Waals surface area (Å²) in [7, 11) is -3.58. The Labute approximate surface area is 111 Å². The summed E-state index contributed by atoms with van der Waals surface area (Å²) >= 11 is 5.75. The van der Waals surface area contributed by atoms with Gasteiger partial charge in [-0.2, -0.15) is 0 Å². The number of halogens is 2. The van der Waals surface area contributed by atoms with Gasteiger partial charge < -0.3 is 5.32 Å². The van der Waals surface area contributed by atoms with Gasteiger partial charge in [-0.3, -0.25) is 4.72 Å². The molecule has 1 aromatic carbocycles. The first kappa shape index (κ1) is 13.6. The average Bonchev–Trinajstić information content (AvgIpc) is 3.07. The highest BCUT2D eigenvalue weighted by atomic mass is 35.5. The third kappa shape index (κ3) is 3.83. The average molecular weight is 293 g/mol. The molecule has 0 saturated heterocycles. The molecule has 0 spiro atoms. The SMILES string of the molecule is O=S(=O)(CCNC1CC1)Nc1c(F)cccc1Cl. The lowest BCUT2D eigenvalue weighted by Gasteiger charge is -2.10. The summed E-state index contributed by atoms with van der Waals surface area (Å²) in [6.07, 6.45) is 2.18. The smallest absolute Gasteiger partial charge is 0.234 e. The van der Waals surface area contributed by atoms with Crippen molar-refractivity contribution in [3.63, 3.8) is 0 Å². The van der Waals surface area contributed by atoms with Crippen LogP contribution in [0, 0.1) is 5.82 Å². The standard InChI is InChI=1S/C11H14ClFN2O2S/c12-9-2-1-3-10(13)11(9)15-18(16,17)7-6-14-8-4-5-8/h1-3,8,14-15H,4-7H2. The lowest BCUT2D eigenvalue weighted by atomic mass is 10.3. The molecule has 0 amide bonds. The van der Waals surface area contributed by atoms with Crippen LogP contribution in [0.15, 0.2) is 18.2 Å². The first-order chi connectivity index (χ1) is 8.48. The van der Waals surface area contributed by atoms with E-state index in [1.165, 1.54) is 12.1 Å². The molecule has 1 aliphatic carbocycles. The Balaban J connectivity index is 1.97. The maximum atomic E-state index is 13.4. The van der Waals surface area contributed by atoms with Gasteiger partial charge in [-0.15, -0.1) is 0 Å². The van der Waals surface area contributed by atoms with E-state index < -0.39 is 15.8 Å². The van der Waals surface area contributed by atoms with Gasteiger partial charge in [0.1, 0.15) is 11.5 Å². The number of benzene rings is 1. The molecule has 0 unspecified atom stereocenters. The maximum absolute atomic E-state index is 13.4. The van der Waals surface area contributed by atoms with E-state index in [1.807, 2.05) is 0 Å². The Kier molecular flexibility index (Phi) is 4.09. The fourth-order valence-corrected chi connectivity index (χ4v) is 2.76. The van der Waals surface area contributed by atoms with Crippen LogP contribution in [-0.2, 0) is 10.0 Å². The minimum Gasteiger partial charge on any atom is -0.313 e. The predicted octanol–water partition coefficient (Wildman–Crippen LogP) is 1.97. The normalized spacial score (nSPS) is 15.7. The van der Waals surface area contributed by atoms with E-state index >= 15 is 0 Å². The number of anilines is 1. The third-order valence-electron chi connectivity index (χ3n) is 2.60. The van der Waals surface area contributed by atoms with Crippen molar-refractivity contribution in [2.24, 2.45) is 0 Å². The molecule has 0 atom stereocenters. The largest absolute Gasteiger partial charge is 0.313 e. The van der Waals surface area contributed by atoms with Crippen LogP contribution in [0.5, 0.6) is 0 Å². The van der Waals surface area contributed by atoms with Gasteiger partial charge in [0.2, 0.25) is 10.0 Å². The summed E-state index contributed by atoms with van der Waals surface area (Å²) < 4.78 is 39.0. The van der Waals surface area contributed by atoms with Crippen LogP contribution < -0.4 is 10.0 Å².